The molecule has 0 saturated carbocycles. The van der Waals surface area contributed by atoms with Crippen LogP contribution in [0.5, 0.6) is 11.5 Å². The number of nitrogens with zero attached hydrogens (tertiary/aromatic N) is 4. The summed E-state index contributed by atoms with van der Waals surface area (Å²) in [5.41, 5.74) is 2.43. The lowest BCUT2D eigenvalue weighted by Crippen LogP contribution is -2.37. The van der Waals surface area contributed by atoms with E-state index in [0.717, 1.165) is 27.1 Å². The van der Waals surface area contributed by atoms with Gasteiger partial charge >= 0.3 is 0 Å². The maximum absolute atomic E-state index is 13.3. The zero-order chi connectivity index (χ0) is 25.9. The van der Waals surface area contributed by atoms with Crippen LogP contribution in [0, 0.1) is 0 Å². The largest absolute Gasteiger partial charge is 0.493 e. The first-order valence-electron chi connectivity index (χ1n) is 11.9. The lowest BCUT2D eigenvalue weighted by molar-refractivity contribution is -0.122. The Morgan fingerprint density at radius 3 is 2.49 bits per heavy atom. The summed E-state index contributed by atoms with van der Waals surface area (Å²) in [6, 6.07) is 20.8. The van der Waals surface area contributed by atoms with Gasteiger partial charge in [0.05, 0.1) is 42.9 Å². The van der Waals surface area contributed by atoms with Crippen LogP contribution in [0.4, 0.5) is 0 Å². The summed E-state index contributed by atoms with van der Waals surface area (Å²) in [7, 11) is 4.91. The van der Waals surface area contributed by atoms with Crippen molar-refractivity contribution >= 4 is 27.7 Å². The summed E-state index contributed by atoms with van der Waals surface area (Å²) >= 11 is 0. The summed E-state index contributed by atoms with van der Waals surface area (Å²) in [6.07, 6.45) is 2.08. The van der Waals surface area contributed by atoms with Gasteiger partial charge in [-0.3, -0.25) is 9.59 Å². The Bertz CT molecular complexity index is 1640. The maximum atomic E-state index is 13.3. The smallest absolute Gasteiger partial charge is 0.279 e. The van der Waals surface area contributed by atoms with Crippen LogP contribution in [0.2, 0.25) is 0 Å². The van der Waals surface area contributed by atoms with Gasteiger partial charge < -0.3 is 19.4 Å². The van der Waals surface area contributed by atoms with E-state index >= 15 is 0 Å². The molecule has 0 aliphatic rings. The fourth-order valence-electron chi connectivity index (χ4n) is 4.60. The SMILES string of the molecule is COc1ccc2cnn(CC(=O)N[C@H](Cc3ccccc3)c3nc4ccccc4n3C)c(=O)c2c1OC. The molecule has 1 amide bonds. The van der Waals surface area contributed by atoms with Crippen LogP contribution >= 0.6 is 0 Å². The summed E-state index contributed by atoms with van der Waals surface area (Å²) < 4.78 is 13.9. The second-order valence-corrected chi connectivity index (χ2v) is 8.70. The Kier molecular flexibility index (Phi) is 6.59. The molecule has 0 aliphatic carbocycles. The Balaban J connectivity index is 1.48. The molecule has 5 aromatic rings. The van der Waals surface area contributed by atoms with Crippen molar-refractivity contribution in [1.29, 1.82) is 0 Å². The normalized spacial score (nSPS) is 12.0. The molecule has 1 atom stereocenters. The second-order valence-electron chi connectivity index (χ2n) is 8.70. The molecule has 2 heterocycles. The molecule has 37 heavy (non-hydrogen) atoms. The number of carbonyl (C=O) groups excluding carboxylic acids is 1. The van der Waals surface area contributed by atoms with E-state index in [4.69, 9.17) is 14.5 Å². The highest BCUT2D eigenvalue weighted by Crippen LogP contribution is 2.32. The van der Waals surface area contributed by atoms with E-state index in [2.05, 4.69) is 10.4 Å². The number of carbonyl (C=O) groups is 1. The predicted molar refractivity (Wildman–Crippen MR) is 141 cm³/mol. The van der Waals surface area contributed by atoms with E-state index in [0.29, 0.717) is 28.7 Å². The molecular formula is C28H27N5O4. The number of aromatic nitrogens is 4. The molecule has 1 N–H and O–H groups in total. The highest BCUT2D eigenvalue weighted by atomic mass is 16.5. The molecule has 0 radical (unpaired) electrons. The van der Waals surface area contributed by atoms with Gasteiger partial charge in [0.25, 0.3) is 5.56 Å². The predicted octanol–water partition coefficient (Wildman–Crippen LogP) is 3.40. The number of benzene rings is 3. The van der Waals surface area contributed by atoms with E-state index in [9.17, 15) is 9.59 Å². The third-order valence-corrected chi connectivity index (χ3v) is 6.41. The minimum atomic E-state index is -0.439. The van der Waals surface area contributed by atoms with Gasteiger partial charge in [-0.15, -0.1) is 0 Å². The molecule has 0 aliphatic heterocycles. The number of hydrogen-bond donors (Lipinski definition) is 1. The third-order valence-electron chi connectivity index (χ3n) is 6.41. The minimum absolute atomic E-state index is 0.260. The first kappa shape index (κ1) is 24.1. The molecule has 3 aromatic carbocycles. The van der Waals surface area contributed by atoms with Crippen molar-refractivity contribution in [3.8, 4) is 11.5 Å². The number of para-hydroxylation sites is 2. The zero-order valence-corrected chi connectivity index (χ0v) is 20.8. The number of imidazole rings is 1. The summed E-state index contributed by atoms with van der Waals surface area (Å²) in [5, 5.41) is 8.20. The molecule has 188 valence electrons. The summed E-state index contributed by atoms with van der Waals surface area (Å²) in [4.78, 5) is 31.4. The number of rotatable bonds is 8. The van der Waals surface area contributed by atoms with Crippen molar-refractivity contribution < 1.29 is 14.3 Å². The van der Waals surface area contributed by atoms with Gasteiger partial charge in [0.1, 0.15) is 12.4 Å². The Labute approximate surface area is 213 Å². The van der Waals surface area contributed by atoms with Crippen LogP contribution in [-0.2, 0) is 24.8 Å². The van der Waals surface area contributed by atoms with E-state index in [1.54, 1.807) is 18.3 Å². The van der Waals surface area contributed by atoms with Gasteiger partial charge in [0.2, 0.25) is 5.91 Å². The number of ether oxygens (including phenoxy) is 2. The lowest BCUT2D eigenvalue weighted by atomic mass is 10.1. The molecule has 2 aromatic heterocycles. The first-order valence-corrected chi connectivity index (χ1v) is 11.9. The molecule has 0 bridgehead atoms. The average Bonchev–Trinajstić information content (AvgIpc) is 3.26. The molecule has 0 saturated heterocycles. The van der Waals surface area contributed by atoms with Crippen LogP contribution in [0.1, 0.15) is 17.4 Å². The molecular weight excluding hydrogens is 470 g/mol. The lowest BCUT2D eigenvalue weighted by Gasteiger charge is -2.19. The van der Waals surface area contributed by atoms with Gasteiger partial charge in [0, 0.05) is 12.4 Å². The van der Waals surface area contributed by atoms with Crippen molar-refractivity contribution in [3.63, 3.8) is 0 Å². The second kappa shape index (κ2) is 10.1. The van der Waals surface area contributed by atoms with Crippen molar-refractivity contribution in [3.05, 3.63) is 94.7 Å². The number of aryl methyl sites for hydroxylation is 1. The Morgan fingerprint density at radius 2 is 1.76 bits per heavy atom. The molecule has 9 heteroatoms. The van der Waals surface area contributed by atoms with E-state index in [-0.39, 0.29) is 12.5 Å². The maximum Gasteiger partial charge on any atom is 0.279 e. The molecule has 0 fully saturated rings. The fourth-order valence-corrected chi connectivity index (χ4v) is 4.60. The number of fused-ring (bicyclic) bond motifs is 2. The highest BCUT2D eigenvalue weighted by Gasteiger charge is 2.23. The Hall–Kier alpha value is -4.66. The number of amides is 1. The van der Waals surface area contributed by atoms with Crippen molar-refractivity contribution in [2.75, 3.05) is 14.2 Å². The number of methoxy groups -OCH3 is 2. The van der Waals surface area contributed by atoms with Crippen LogP contribution in [0.25, 0.3) is 21.8 Å². The van der Waals surface area contributed by atoms with Crippen molar-refractivity contribution in [2.24, 2.45) is 7.05 Å². The van der Waals surface area contributed by atoms with Crippen LogP contribution in [-0.4, -0.2) is 39.5 Å². The quantitative estimate of drug-likeness (QED) is 0.353. The number of nitrogens with one attached hydrogen (secondary N) is 1. The van der Waals surface area contributed by atoms with Gasteiger partial charge in [-0.25, -0.2) is 9.67 Å². The van der Waals surface area contributed by atoms with Crippen molar-refractivity contribution in [2.45, 2.75) is 19.0 Å². The van der Waals surface area contributed by atoms with Gasteiger partial charge in [-0.2, -0.15) is 5.10 Å². The summed E-state index contributed by atoms with van der Waals surface area (Å²) in [6.45, 7) is -0.260. The van der Waals surface area contributed by atoms with Crippen LogP contribution in [0.15, 0.2) is 77.7 Å². The first-order chi connectivity index (χ1) is 18.0. The monoisotopic (exact) mass is 497 g/mol. The van der Waals surface area contributed by atoms with Crippen molar-refractivity contribution in [1.82, 2.24) is 24.6 Å². The zero-order valence-electron chi connectivity index (χ0n) is 20.8. The molecule has 5 rings (SSSR count). The molecule has 9 nitrogen and oxygen atoms in total. The van der Waals surface area contributed by atoms with Crippen LogP contribution in [0.3, 0.4) is 0 Å². The van der Waals surface area contributed by atoms with E-state index < -0.39 is 11.6 Å². The van der Waals surface area contributed by atoms with E-state index in [1.165, 1.54) is 14.2 Å². The Morgan fingerprint density at radius 1 is 1.00 bits per heavy atom. The molecule has 0 unspecified atom stereocenters. The topological polar surface area (TPSA) is 100 Å². The highest BCUT2D eigenvalue weighted by molar-refractivity contribution is 5.89. The van der Waals surface area contributed by atoms with Gasteiger partial charge in [-0.05, 0) is 36.2 Å². The fraction of sp³-hybridized carbons (Fsp3) is 0.214. The summed E-state index contributed by atoms with van der Waals surface area (Å²) in [5.74, 6) is 1.11. The third kappa shape index (κ3) is 4.63. The minimum Gasteiger partial charge on any atom is -0.493 e. The average molecular weight is 498 g/mol. The number of hydrogen-bond acceptors (Lipinski definition) is 6. The van der Waals surface area contributed by atoms with E-state index in [1.807, 2.05) is 66.2 Å². The van der Waals surface area contributed by atoms with Crippen LogP contribution < -0.4 is 20.3 Å². The van der Waals surface area contributed by atoms with Gasteiger partial charge in [0.15, 0.2) is 11.5 Å². The van der Waals surface area contributed by atoms with Gasteiger partial charge in [-0.1, -0.05) is 42.5 Å². The standard InChI is InChI=1S/C28H27N5O4/c1-32-22-12-8-7-11-20(22)31-27(32)21(15-18-9-5-4-6-10-18)30-24(34)17-33-28(35)25-19(16-29-33)13-14-23(36-2)26(25)37-3/h4-14,16,21H,15,17H2,1-3H3,(H,30,34)/t21-/m1/s1. The molecule has 0 spiro atoms.